The van der Waals surface area contributed by atoms with E-state index < -0.39 is 5.25 Å². The van der Waals surface area contributed by atoms with Crippen LogP contribution in [-0.4, -0.2) is 20.7 Å². The van der Waals surface area contributed by atoms with Gasteiger partial charge in [0.15, 0.2) is 5.16 Å². The van der Waals surface area contributed by atoms with E-state index >= 15 is 0 Å². The molecule has 1 aromatic heterocycles. The first-order chi connectivity index (χ1) is 14.5. The fourth-order valence-electron chi connectivity index (χ4n) is 3.21. The summed E-state index contributed by atoms with van der Waals surface area (Å²) in [5.74, 6) is -0.147. The maximum absolute atomic E-state index is 12.9. The van der Waals surface area contributed by atoms with Crippen LogP contribution in [0.5, 0.6) is 0 Å². The molecule has 0 unspecified atom stereocenters. The number of aromatic nitrogens is 2. The lowest BCUT2D eigenvalue weighted by atomic mass is 10.0. The van der Waals surface area contributed by atoms with Crippen LogP contribution in [0.2, 0.25) is 0 Å². The van der Waals surface area contributed by atoms with Crippen LogP contribution in [0.1, 0.15) is 6.92 Å². The monoisotopic (exact) mass is 415 g/mol. The summed E-state index contributed by atoms with van der Waals surface area (Å²) in [6.45, 7) is 1.81. The second kappa shape index (κ2) is 8.55. The average molecular weight is 416 g/mol. The van der Waals surface area contributed by atoms with Gasteiger partial charge in [-0.15, -0.1) is 0 Å². The third kappa shape index (κ3) is 4.00. The topological polar surface area (TPSA) is 64.0 Å². The summed E-state index contributed by atoms with van der Waals surface area (Å²) in [5, 5.41) is 3.67. The van der Waals surface area contributed by atoms with Crippen molar-refractivity contribution in [2.45, 2.75) is 17.3 Å². The quantitative estimate of drug-likeness (QED) is 0.378. The predicted molar refractivity (Wildman–Crippen MR) is 123 cm³/mol. The molecule has 0 aliphatic carbocycles. The van der Waals surface area contributed by atoms with Gasteiger partial charge in [0.2, 0.25) is 5.91 Å². The van der Waals surface area contributed by atoms with Gasteiger partial charge in [-0.25, -0.2) is 4.98 Å². The van der Waals surface area contributed by atoms with Crippen molar-refractivity contribution >= 4 is 34.3 Å². The van der Waals surface area contributed by atoms with Gasteiger partial charge in [-0.05, 0) is 30.7 Å². The number of para-hydroxylation sites is 2. The number of benzene rings is 3. The fourth-order valence-corrected chi connectivity index (χ4v) is 4.08. The minimum absolute atomic E-state index is 0.120. The Kier molecular flexibility index (Phi) is 5.68. The second-order valence-corrected chi connectivity index (χ2v) is 8.24. The number of carbonyl (C=O) groups is 1. The van der Waals surface area contributed by atoms with Crippen molar-refractivity contribution in [1.29, 1.82) is 0 Å². The highest BCUT2D eigenvalue weighted by Crippen LogP contribution is 2.29. The number of nitrogens with zero attached hydrogens (tertiary/aromatic N) is 2. The van der Waals surface area contributed by atoms with Crippen molar-refractivity contribution in [1.82, 2.24) is 9.55 Å². The number of thioether (sulfide) groups is 1. The maximum Gasteiger partial charge on any atom is 0.261 e. The zero-order valence-electron chi connectivity index (χ0n) is 16.7. The molecule has 30 heavy (non-hydrogen) atoms. The van der Waals surface area contributed by atoms with Gasteiger partial charge in [0.1, 0.15) is 0 Å². The Hall–Kier alpha value is -3.38. The molecule has 4 rings (SSSR count). The summed E-state index contributed by atoms with van der Waals surface area (Å²) in [5.41, 5.74) is 3.25. The van der Waals surface area contributed by atoms with E-state index in [4.69, 9.17) is 0 Å². The van der Waals surface area contributed by atoms with E-state index in [-0.39, 0.29) is 11.5 Å². The lowest BCUT2D eigenvalue weighted by molar-refractivity contribution is -0.115. The molecular weight excluding hydrogens is 394 g/mol. The molecule has 0 radical (unpaired) electrons. The average Bonchev–Trinajstić information content (AvgIpc) is 2.78. The highest BCUT2D eigenvalue weighted by Gasteiger charge is 2.19. The van der Waals surface area contributed by atoms with Crippen molar-refractivity contribution in [2.75, 3.05) is 5.32 Å². The first-order valence-corrected chi connectivity index (χ1v) is 10.5. The molecule has 1 heterocycles. The summed E-state index contributed by atoms with van der Waals surface area (Å²) in [7, 11) is 1.68. The molecule has 150 valence electrons. The Balaban J connectivity index is 1.57. The molecule has 1 amide bonds. The number of hydrogen-bond donors (Lipinski definition) is 1. The Morgan fingerprint density at radius 3 is 2.43 bits per heavy atom. The van der Waals surface area contributed by atoms with Crippen molar-refractivity contribution in [3.05, 3.63) is 89.2 Å². The van der Waals surface area contributed by atoms with Crippen molar-refractivity contribution in [3.63, 3.8) is 0 Å². The van der Waals surface area contributed by atoms with Crippen molar-refractivity contribution in [3.8, 4) is 11.1 Å². The lowest BCUT2D eigenvalue weighted by Gasteiger charge is -2.16. The number of amides is 1. The van der Waals surface area contributed by atoms with Crippen LogP contribution >= 0.6 is 11.8 Å². The molecule has 0 aliphatic heterocycles. The van der Waals surface area contributed by atoms with Crippen LogP contribution in [0.15, 0.2) is 88.8 Å². The molecule has 1 N–H and O–H groups in total. The molecular formula is C24H21N3O2S. The van der Waals surface area contributed by atoms with E-state index in [0.717, 1.165) is 16.8 Å². The van der Waals surface area contributed by atoms with Crippen LogP contribution in [0.25, 0.3) is 22.0 Å². The molecule has 0 fully saturated rings. The van der Waals surface area contributed by atoms with E-state index in [1.165, 1.54) is 16.3 Å². The number of carbonyl (C=O) groups excluding carboxylic acids is 1. The number of hydrogen-bond acceptors (Lipinski definition) is 4. The Morgan fingerprint density at radius 1 is 0.967 bits per heavy atom. The van der Waals surface area contributed by atoms with Crippen molar-refractivity contribution < 1.29 is 4.79 Å². The van der Waals surface area contributed by atoms with Gasteiger partial charge in [-0.3, -0.25) is 14.2 Å². The van der Waals surface area contributed by atoms with Gasteiger partial charge < -0.3 is 5.32 Å². The summed E-state index contributed by atoms with van der Waals surface area (Å²) >= 11 is 1.27. The minimum Gasteiger partial charge on any atom is -0.325 e. The second-order valence-electron chi connectivity index (χ2n) is 6.94. The molecule has 3 aromatic carbocycles. The van der Waals surface area contributed by atoms with E-state index in [0.29, 0.717) is 16.1 Å². The van der Waals surface area contributed by atoms with Crippen molar-refractivity contribution in [2.24, 2.45) is 7.05 Å². The molecule has 5 nitrogen and oxygen atoms in total. The first-order valence-electron chi connectivity index (χ1n) is 9.62. The summed E-state index contributed by atoms with van der Waals surface area (Å²) in [4.78, 5) is 30.1. The third-order valence-corrected chi connectivity index (χ3v) is 6.01. The minimum atomic E-state index is -0.437. The first kappa shape index (κ1) is 19.9. The van der Waals surface area contributed by atoms with Crippen LogP contribution in [0.4, 0.5) is 5.69 Å². The number of nitrogens with one attached hydrogen (secondary N) is 1. The van der Waals surface area contributed by atoms with Gasteiger partial charge in [0, 0.05) is 18.3 Å². The summed E-state index contributed by atoms with van der Waals surface area (Å²) in [6, 6.07) is 24.9. The smallest absolute Gasteiger partial charge is 0.261 e. The van der Waals surface area contributed by atoms with E-state index in [1.807, 2.05) is 79.7 Å². The van der Waals surface area contributed by atoms with Gasteiger partial charge in [-0.2, -0.15) is 0 Å². The summed E-state index contributed by atoms with van der Waals surface area (Å²) < 4.78 is 1.49. The molecule has 0 spiro atoms. The highest BCUT2D eigenvalue weighted by molar-refractivity contribution is 8.00. The van der Waals surface area contributed by atoms with Gasteiger partial charge in [0.25, 0.3) is 5.56 Å². The number of rotatable bonds is 5. The van der Waals surface area contributed by atoms with Crippen LogP contribution in [0, 0.1) is 0 Å². The fraction of sp³-hybridized carbons (Fsp3) is 0.125. The van der Waals surface area contributed by atoms with Gasteiger partial charge in [-0.1, -0.05) is 72.4 Å². The molecule has 0 saturated carbocycles. The van der Waals surface area contributed by atoms with E-state index in [9.17, 15) is 9.59 Å². The normalized spacial score (nSPS) is 11.9. The van der Waals surface area contributed by atoms with Gasteiger partial charge >= 0.3 is 0 Å². The SMILES string of the molecule is C[C@H](Sc1nc2ccccc2c(=O)n1C)C(=O)Nc1ccccc1-c1ccccc1. The molecule has 0 saturated heterocycles. The lowest BCUT2D eigenvalue weighted by Crippen LogP contribution is -2.25. The van der Waals surface area contributed by atoms with Crippen LogP contribution in [-0.2, 0) is 11.8 Å². The molecule has 1 atom stereocenters. The highest BCUT2D eigenvalue weighted by atomic mass is 32.2. The van der Waals surface area contributed by atoms with Gasteiger partial charge in [0.05, 0.1) is 16.2 Å². The summed E-state index contributed by atoms with van der Waals surface area (Å²) in [6.07, 6.45) is 0. The standard InChI is InChI=1S/C24H21N3O2S/c1-16(30-24-26-21-15-9-7-13-19(21)23(29)27(24)2)22(28)25-20-14-8-6-12-18(20)17-10-4-3-5-11-17/h3-16H,1-2H3,(H,25,28)/t16-/m0/s1. The van der Waals surface area contributed by atoms with E-state index in [1.54, 1.807) is 13.1 Å². The Bertz CT molecular complexity index is 1270. The largest absolute Gasteiger partial charge is 0.325 e. The predicted octanol–water partition coefficient (Wildman–Crippen LogP) is 4.72. The van der Waals surface area contributed by atoms with E-state index in [2.05, 4.69) is 10.3 Å². The van der Waals surface area contributed by atoms with Crippen LogP contribution < -0.4 is 10.9 Å². The Morgan fingerprint density at radius 2 is 1.63 bits per heavy atom. The number of anilines is 1. The maximum atomic E-state index is 12.9. The Labute approximate surface area is 178 Å². The zero-order chi connectivity index (χ0) is 21.1. The third-order valence-electron chi connectivity index (χ3n) is 4.86. The molecule has 4 aromatic rings. The zero-order valence-corrected chi connectivity index (χ0v) is 17.5. The molecule has 6 heteroatoms. The van der Waals surface area contributed by atoms with Crippen LogP contribution in [0.3, 0.4) is 0 Å². The molecule has 0 aliphatic rings. The molecule has 0 bridgehead atoms. The number of fused-ring (bicyclic) bond motifs is 1.